The summed E-state index contributed by atoms with van der Waals surface area (Å²) >= 11 is 1.63. The van der Waals surface area contributed by atoms with Crippen LogP contribution in [0.3, 0.4) is 0 Å². The van der Waals surface area contributed by atoms with Crippen molar-refractivity contribution >= 4 is 23.2 Å². The number of hydrogen-bond acceptors (Lipinski definition) is 6. The number of nitrogens with zero attached hydrogens (tertiary/aromatic N) is 4. The maximum absolute atomic E-state index is 12.3. The Morgan fingerprint density at radius 1 is 1.35 bits per heavy atom. The van der Waals surface area contributed by atoms with Gasteiger partial charge in [0.25, 0.3) is 5.91 Å². The molecule has 0 bridgehead atoms. The summed E-state index contributed by atoms with van der Waals surface area (Å²) in [6, 6.07) is 3.98. The number of rotatable bonds is 4. The van der Waals surface area contributed by atoms with E-state index in [0.29, 0.717) is 18.1 Å². The van der Waals surface area contributed by atoms with Crippen LogP contribution in [0, 0.1) is 6.92 Å². The van der Waals surface area contributed by atoms with Gasteiger partial charge >= 0.3 is 0 Å². The predicted molar refractivity (Wildman–Crippen MR) is 92.0 cm³/mol. The SMILES string of the molecule is Cc1nc(N2CCN(C)CC2)ncc1C(=O)NCc1cccs1. The average molecular weight is 331 g/mol. The van der Waals surface area contributed by atoms with Crippen LogP contribution in [0.25, 0.3) is 0 Å². The van der Waals surface area contributed by atoms with Gasteiger partial charge < -0.3 is 15.1 Å². The van der Waals surface area contributed by atoms with Crippen LogP contribution in [-0.2, 0) is 6.54 Å². The zero-order valence-corrected chi connectivity index (χ0v) is 14.3. The Bertz CT molecular complexity index is 665. The van der Waals surface area contributed by atoms with E-state index in [4.69, 9.17) is 0 Å². The van der Waals surface area contributed by atoms with E-state index in [0.717, 1.165) is 36.8 Å². The first-order chi connectivity index (χ1) is 11.1. The van der Waals surface area contributed by atoms with Gasteiger partial charge in [0.05, 0.1) is 17.8 Å². The van der Waals surface area contributed by atoms with Crippen LogP contribution in [0.1, 0.15) is 20.9 Å². The molecule has 1 N–H and O–H groups in total. The van der Waals surface area contributed by atoms with E-state index in [1.165, 1.54) is 0 Å². The maximum Gasteiger partial charge on any atom is 0.254 e. The van der Waals surface area contributed by atoms with Crippen molar-refractivity contribution in [2.45, 2.75) is 13.5 Å². The minimum Gasteiger partial charge on any atom is -0.347 e. The zero-order valence-electron chi connectivity index (χ0n) is 13.5. The molecule has 0 saturated carbocycles. The van der Waals surface area contributed by atoms with Crippen molar-refractivity contribution in [3.63, 3.8) is 0 Å². The van der Waals surface area contributed by atoms with Gasteiger partial charge in [0.1, 0.15) is 0 Å². The fourth-order valence-corrected chi connectivity index (χ4v) is 3.16. The smallest absolute Gasteiger partial charge is 0.254 e. The molecule has 1 amide bonds. The lowest BCUT2D eigenvalue weighted by molar-refractivity contribution is 0.0950. The minimum atomic E-state index is -0.124. The van der Waals surface area contributed by atoms with E-state index < -0.39 is 0 Å². The fourth-order valence-electron chi connectivity index (χ4n) is 2.51. The molecule has 0 aromatic carbocycles. The summed E-state index contributed by atoms with van der Waals surface area (Å²) in [5, 5.41) is 4.92. The zero-order chi connectivity index (χ0) is 16.2. The highest BCUT2D eigenvalue weighted by Gasteiger charge is 2.18. The van der Waals surface area contributed by atoms with Crippen LogP contribution >= 0.6 is 11.3 Å². The first kappa shape index (κ1) is 15.9. The molecule has 0 spiro atoms. The Morgan fingerprint density at radius 2 is 2.13 bits per heavy atom. The Labute approximate surface area is 140 Å². The molecule has 1 fully saturated rings. The van der Waals surface area contributed by atoms with Gasteiger partial charge in [0.15, 0.2) is 0 Å². The molecule has 1 aliphatic rings. The van der Waals surface area contributed by atoms with Gasteiger partial charge in [0, 0.05) is 37.3 Å². The number of piperazine rings is 1. The molecule has 0 atom stereocenters. The standard InChI is InChI=1S/C16H21N5OS/c1-12-14(15(22)17-10-13-4-3-9-23-13)11-18-16(19-12)21-7-5-20(2)6-8-21/h3-4,9,11H,5-8,10H2,1-2H3,(H,17,22). The van der Waals surface area contributed by atoms with E-state index in [1.54, 1.807) is 17.5 Å². The number of amides is 1. The molecule has 7 heteroatoms. The van der Waals surface area contributed by atoms with Gasteiger partial charge in [-0.05, 0) is 25.4 Å². The van der Waals surface area contributed by atoms with Gasteiger partial charge in [-0.25, -0.2) is 9.97 Å². The molecule has 3 heterocycles. The fraction of sp³-hybridized carbons (Fsp3) is 0.438. The summed E-state index contributed by atoms with van der Waals surface area (Å²) in [5.74, 6) is 0.589. The molecule has 6 nitrogen and oxygen atoms in total. The Morgan fingerprint density at radius 3 is 2.78 bits per heavy atom. The number of thiophene rings is 1. The summed E-state index contributed by atoms with van der Waals surface area (Å²) in [4.78, 5) is 26.8. The summed E-state index contributed by atoms with van der Waals surface area (Å²) < 4.78 is 0. The number of likely N-dealkylation sites (N-methyl/N-ethyl adjacent to an activating group) is 1. The lowest BCUT2D eigenvalue weighted by Gasteiger charge is -2.32. The normalized spacial score (nSPS) is 15.7. The number of carbonyl (C=O) groups excluding carboxylic acids is 1. The van der Waals surface area contributed by atoms with Crippen molar-refractivity contribution in [1.29, 1.82) is 0 Å². The molecule has 2 aromatic rings. The van der Waals surface area contributed by atoms with Crippen LogP contribution in [0.2, 0.25) is 0 Å². The van der Waals surface area contributed by atoms with Crippen LogP contribution in [0.15, 0.2) is 23.7 Å². The van der Waals surface area contributed by atoms with Crippen molar-refractivity contribution in [1.82, 2.24) is 20.2 Å². The third kappa shape index (κ3) is 3.86. The first-order valence-electron chi connectivity index (χ1n) is 7.71. The van der Waals surface area contributed by atoms with E-state index in [-0.39, 0.29) is 5.91 Å². The van der Waals surface area contributed by atoms with E-state index in [1.807, 2.05) is 24.4 Å². The predicted octanol–water partition coefficient (Wildman–Crippen LogP) is 1.53. The highest BCUT2D eigenvalue weighted by atomic mass is 32.1. The van der Waals surface area contributed by atoms with Gasteiger partial charge in [-0.15, -0.1) is 11.3 Å². The van der Waals surface area contributed by atoms with Crippen molar-refractivity contribution in [3.05, 3.63) is 39.8 Å². The number of aryl methyl sites for hydroxylation is 1. The summed E-state index contributed by atoms with van der Waals surface area (Å²) in [7, 11) is 2.12. The van der Waals surface area contributed by atoms with Crippen LogP contribution in [-0.4, -0.2) is 54.0 Å². The van der Waals surface area contributed by atoms with E-state index in [9.17, 15) is 4.79 Å². The van der Waals surface area contributed by atoms with E-state index >= 15 is 0 Å². The average Bonchev–Trinajstić information content (AvgIpc) is 3.06. The third-order valence-corrected chi connectivity index (χ3v) is 4.88. The highest BCUT2D eigenvalue weighted by Crippen LogP contribution is 2.14. The first-order valence-corrected chi connectivity index (χ1v) is 8.59. The van der Waals surface area contributed by atoms with Crippen LogP contribution in [0.5, 0.6) is 0 Å². The molecule has 0 radical (unpaired) electrons. The number of nitrogens with one attached hydrogen (secondary N) is 1. The van der Waals surface area contributed by atoms with E-state index in [2.05, 4.69) is 32.1 Å². The Kier molecular flexibility index (Phi) is 4.88. The highest BCUT2D eigenvalue weighted by molar-refractivity contribution is 7.09. The second-order valence-corrected chi connectivity index (χ2v) is 6.75. The van der Waals surface area contributed by atoms with Gasteiger partial charge in [0.2, 0.25) is 5.95 Å². The van der Waals surface area contributed by atoms with Crippen molar-refractivity contribution in [2.24, 2.45) is 0 Å². The molecule has 1 aliphatic heterocycles. The largest absolute Gasteiger partial charge is 0.347 e. The second-order valence-electron chi connectivity index (χ2n) is 5.72. The maximum atomic E-state index is 12.3. The Hall–Kier alpha value is -1.99. The van der Waals surface area contributed by atoms with Gasteiger partial charge in [-0.2, -0.15) is 0 Å². The molecule has 23 heavy (non-hydrogen) atoms. The summed E-state index contributed by atoms with van der Waals surface area (Å²) in [6.45, 7) is 6.24. The molecule has 2 aromatic heterocycles. The van der Waals surface area contributed by atoms with Gasteiger partial charge in [-0.1, -0.05) is 6.07 Å². The van der Waals surface area contributed by atoms with Crippen LogP contribution < -0.4 is 10.2 Å². The van der Waals surface area contributed by atoms with Crippen molar-refractivity contribution in [3.8, 4) is 0 Å². The Balaban J connectivity index is 1.65. The molecule has 3 rings (SSSR count). The number of aromatic nitrogens is 2. The lowest BCUT2D eigenvalue weighted by Crippen LogP contribution is -2.45. The lowest BCUT2D eigenvalue weighted by atomic mass is 10.2. The van der Waals surface area contributed by atoms with Crippen LogP contribution in [0.4, 0.5) is 5.95 Å². The number of hydrogen-bond donors (Lipinski definition) is 1. The second kappa shape index (κ2) is 7.06. The number of anilines is 1. The third-order valence-electron chi connectivity index (χ3n) is 4.00. The quantitative estimate of drug-likeness (QED) is 0.921. The molecule has 1 saturated heterocycles. The summed E-state index contributed by atoms with van der Waals surface area (Å²) in [5.41, 5.74) is 1.26. The molecule has 0 aliphatic carbocycles. The monoisotopic (exact) mass is 331 g/mol. The molecule has 122 valence electrons. The number of carbonyl (C=O) groups is 1. The minimum absolute atomic E-state index is 0.124. The molecule has 0 unspecified atom stereocenters. The van der Waals surface area contributed by atoms with Crippen molar-refractivity contribution in [2.75, 3.05) is 38.1 Å². The summed E-state index contributed by atoms with van der Waals surface area (Å²) in [6.07, 6.45) is 1.64. The molecular weight excluding hydrogens is 310 g/mol. The van der Waals surface area contributed by atoms with Crippen molar-refractivity contribution < 1.29 is 4.79 Å². The topological polar surface area (TPSA) is 61.4 Å². The van der Waals surface area contributed by atoms with Gasteiger partial charge in [-0.3, -0.25) is 4.79 Å². The molecular formula is C16H21N5OS.